The number of benzene rings is 2. The number of ether oxygens (including phenoxy) is 3. The van der Waals surface area contributed by atoms with Gasteiger partial charge < -0.3 is 19.3 Å². The van der Waals surface area contributed by atoms with Crippen molar-refractivity contribution in [2.75, 3.05) is 7.11 Å². The summed E-state index contributed by atoms with van der Waals surface area (Å²) in [6.45, 7) is 0.878. The van der Waals surface area contributed by atoms with E-state index in [1.165, 1.54) is 0 Å². The Labute approximate surface area is 148 Å². The van der Waals surface area contributed by atoms with Gasteiger partial charge in [-0.25, -0.2) is 0 Å². The van der Waals surface area contributed by atoms with Crippen LogP contribution in [0.5, 0.6) is 0 Å². The summed E-state index contributed by atoms with van der Waals surface area (Å²) in [5, 5.41) is 10.6. The average molecular weight is 340 g/mol. The van der Waals surface area contributed by atoms with Gasteiger partial charge >= 0.3 is 0 Å². The fraction of sp³-hybridized carbons (Fsp3) is 0.333. The molecular weight excluding hydrogens is 316 g/mol. The summed E-state index contributed by atoms with van der Waals surface area (Å²) >= 11 is 0. The first-order valence-electron chi connectivity index (χ1n) is 8.48. The van der Waals surface area contributed by atoms with E-state index in [0.29, 0.717) is 13.2 Å². The molecule has 0 amide bonds. The summed E-state index contributed by atoms with van der Waals surface area (Å²) in [4.78, 5) is 0. The highest BCUT2D eigenvalue weighted by atomic mass is 16.6. The minimum absolute atomic E-state index is 0.328. The Morgan fingerprint density at radius 2 is 1.28 bits per heavy atom. The quantitative estimate of drug-likeness (QED) is 0.787. The third-order valence-electron chi connectivity index (χ3n) is 4.33. The SMILES string of the molecule is CO[C@@H]1C=C[C@H](OCc2ccccc2)[C@H](OCc2ccccc2)[C@@H]1O. The molecule has 2 aromatic carbocycles. The van der Waals surface area contributed by atoms with Crippen molar-refractivity contribution >= 4 is 0 Å². The van der Waals surface area contributed by atoms with Gasteiger partial charge in [-0.3, -0.25) is 0 Å². The Kier molecular flexibility index (Phi) is 6.36. The molecule has 0 spiro atoms. The second kappa shape index (κ2) is 8.92. The number of methoxy groups -OCH3 is 1. The number of rotatable bonds is 7. The third kappa shape index (κ3) is 4.77. The molecule has 0 saturated carbocycles. The monoisotopic (exact) mass is 340 g/mol. The molecule has 4 nitrogen and oxygen atoms in total. The zero-order chi connectivity index (χ0) is 17.5. The van der Waals surface area contributed by atoms with E-state index >= 15 is 0 Å². The summed E-state index contributed by atoms with van der Waals surface area (Å²) in [7, 11) is 1.58. The predicted octanol–water partition coefficient (Wildman–Crippen LogP) is 3.10. The van der Waals surface area contributed by atoms with Gasteiger partial charge in [-0.05, 0) is 11.1 Å². The van der Waals surface area contributed by atoms with Crippen LogP contribution in [-0.2, 0) is 27.4 Å². The summed E-state index contributed by atoms with van der Waals surface area (Å²) in [6.07, 6.45) is 1.77. The Bertz CT molecular complexity index is 656. The number of hydrogen-bond acceptors (Lipinski definition) is 4. The van der Waals surface area contributed by atoms with E-state index in [-0.39, 0.29) is 6.10 Å². The number of hydrogen-bond donors (Lipinski definition) is 1. The molecule has 0 aromatic heterocycles. The molecule has 1 aliphatic rings. The maximum absolute atomic E-state index is 10.6. The zero-order valence-electron chi connectivity index (χ0n) is 14.3. The maximum Gasteiger partial charge on any atom is 0.116 e. The minimum atomic E-state index is -0.778. The van der Waals surface area contributed by atoms with Crippen molar-refractivity contribution in [3.8, 4) is 0 Å². The predicted molar refractivity (Wildman–Crippen MR) is 96.0 cm³/mol. The van der Waals surface area contributed by atoms with Gasteiger partial charge in [0.1, 0.15) is 24.4 Å². The van der Waals surface area contributed by atoms with E-state index in [4.69, 9.17) is 14.2 Å². The summed E-state index contributed by atoms with van der Waals surface area (Å²) < 4.78 is 17.3. The molecule has 132 valence electrons. The van der Waals surface area contributed by atoms with Crippen LogP contribution in [-0.4, -0.2) is 36.6 Å². The van der Waals surface area contributed by atoms with Crippen molar-refractivity contribution in [1.82, 2.24) is 0 Å². The molecule has 4 atom stereocenters. The van der Waals surface area contributed by atoms with E-state index in [2.05, 4.69) is 0 Å². The van der Waals surface area contributed by atoms with Gasteiger partial charge in [0.15, 0.2) is 0 Å². The molecular formula is C21H24O4. The van der Waals surface area contributed by atoms with Crippen LogP contribution in [0.15, 0.2) is 72.8 Å². The van der Waals surface area contributed by atoms with Gasteiger partial charge in [0.2, 0.25) is 0 Å². The van der Waals surface area contributed by atoms with Crippen molar-refractivity contribution in [2.45, 2.75) is 37.6 Å². The largest absolute Gasteiger partial charge is 0.387 e. The van der Waals surface area contributed by atoms with Crippen LogP contribution in [0, 0.1) is 0 Å². The van der Waals surface area contributed by atoms with Crippen LogP contribution in [0.25, 0.3) is 0 Å². The van der Waals surface area contributed by atoms with Crippen molar-refractivity contribution in [2.24, 2.45) is 0 Å². The van der Waals surface area contributed by atoms with Crippen LogP contribution in [0.3, 0.4) is 0 Å². The van der Waals surface area contributed by atoms with Crippen molar-refractivity contribution in [1.29, 1.82) is 0 Å². The Balaban J connectivity index is 1.66. The average Bonchev–Trinajstić information content (AvgIpc) is 2.67. The van der Waals surface area contributed by atoms with Gasteiger partial charge in [0.25, 0.3) is 0 Å². The molecule has 4 heteroatoms. The first-order valence-corrected chi connectivity index (χ1v) is 8.48. The fourth-order valence-electron chi connectivity index (χ4n) is 2.92. The molecule has 0 saturated heterocycles. The zero-order valence-corrected chi connectivity index (χ0v) is 14.3. The topological polar surface area (TPSA) is 47.9 Å². The molecule has 1 N–H and O–H groups in total. The molecule has 0 radical (unpaired) electrons. The molecule has 0 unspecified atom stereocenters. The lowest BCUT2D eigenvalue weighted by molar-refractivity contribution is -0.148. The molecule has 2 aromatic rings. The molecule has 0 fully saturated rings. The standard InChI is InChI=1S/C21H24O4/c1-23-18-12-13-19(24-14-16-8-4-2-5-9-16)21(20(18)22)25-15-17-10-6-3-7-11-17/h2-13,18-22H,14-15H2,1H3/t18-,19+,20-,21+/m1/s1. The highest BCUT2D eigenvalue weighted by molar-refractivity contribution is 5.16. The fourth-order valence-corrected chi connectivity index (χ4v) is 2.92. The first kappa shape index (κ1) is 17.8. The molecule has 0 bridgehead atoms. The van der Waals surface area contributed by atoms with Crippen LogP contribution in [0.2, 0.25) is 0 Å². The van der Waals surface area contributed by atoms with Crippen LogP contribution in [0.1, 0.15) is 11.1 Å². The smallest absolute Gasteiger partial charge is 0.116 e. The lowest BCUT2D eigenvalue weighted by Gasteiger charge is -2.35. The lowest BCUT2D eigenvalue weighted by Crippen LogP contribution is -2.49. The van der Waals surface area contributed by atoms with Gasteiger partial charge in [-0.15, -0.1) is 0 Å². The third-order valence-corrected chi connectivity index (χ3v) is 4.33. The van der Waals surface area contributed by atoms with E-state index in [1.54, 1.807) is 7.11 Å². The number of aliphatic hydroxyl groups is 1. The van der Waals surface area contributed by atoms with Crippen LogP contribution >= 0.6 is 0 Å². The maximum atomic E-state index is 10.6. The molecule has 1 aliphatic carbocycles. The van der Waals surface area contributed by atoms with Gasteiger partial charge in [-0.1, -0.05) is 72.8 Å². The highest BCUT2D eigenvalue weighted by Crippen LogP contribution is 2.23. The lowest BCUT2D eigenvalue weighted by atomic mass is 9.95. The molecule has 0 heterocycles. The molecule has 25 heavy (non-hydrogen) atoms. The van der Waals surface area contributed by atoms with Gasteiger partial charge in [0.05, 0.1) is 13.2 Å². The van der Waals surface area contributed by atoms with E-state index < -0.39 is 18.3 Å². The summed E-state index contributed by atoms with van der Waals surface area (Å²) in [6, 6.07) is 19.9. The Morgan fingerprint density at radius 3 is 1.84 bits per heavy atom. The minimum Gasteiger partial charge on any atom is -0.387 e. The normalized spacial score (nSPS) is 25.8. The second-order valence-electron chi connectivity index (χ2n) is 6.10. The van der Waals surface area contributed by atoms with E-state index in [1.807, 2.05) is 72.8 Å². The van der Waals surface area contributed by atoms with Crippen molar-refractivity contribution in [3.63, 3.8) is 0 Å². The molecule has 0 aliphatic heterocycles. The van der Waals surface area contributed by atoms with E-state index in [0.717, 1.165) is 11.1 Å². The van der Waals surface area contributed by atoms with Gasteiger partial charge in [-0.2, -0.15) is 0 Å². The van der Waals surface area contributed by atoms with Crippen molar-refractivity contribution in [3.05, 3.63) is 83.9 Å². The summed E-state index contributed by atoms with van der Waals surface area (Å²) in [5.74, 6) is 0. The first-order chi connectivity index (χ1) is 12.3. The highest BCUT2D eigenvalue weighted by Gasteiger charge is 2.37. The van der Waals surface area contributed by atoms with Crippen LogP contribution in [0.4, 0.5) is 0 Å². The van der Waals surface area contributed by atoms with Crippen LogP contribution < -0.4 is 0 Å². The summed E-state index contributed by atoms with van der Waals surface area (Å²) in [5.41, 5.74) is 2.14. The van der Waals surface area contributed by atoms with Crippen molar-refractivity contribution < 1.29 is 19.3 Å². The molecule has 3 rings (SSSR count). The van der Waals surface area contributed by atoms with E-state index in [9.17, 15) is 5.11 Å². The second-order valence-corrected chi connectivity index (χ2v) is 6.10. The Morgan fingerprint density at radius 1 is 0.760 bits per heavy atom. The number of aliphatic hydroxyl groups excluding tert-OH is 1. The Hall–Kier alpha value is -1.98. The van der Waals surface area contributed by atoms with Gasteiger partial charge in [0, 0.05) is 7.11 Å².